The lowest BCUT2D eigenvalue weighted by Crippen LogP contribution is -2.41. The highest BCUT2D eigenvalue weighted by atomic mass is 16.6. The van der Waals surface area contributed by atoms with Crippen molar-refractivity contribution in [3.63, 3.8) is 0 Å². The van der Waals surface area contributed by atoms with Crippen LogP contribution in [0.1, 0.15) is 72.4 Å². The summed E-state index contributed by atoms with van der Waals surface area (Å²) in [6, 6.07) is 0.0293. The average molecular weight is 364 g/mol. The van der Waals surface area contributed by atoms with Gasteiger partial charge in [0.15, 0.2) is 0 Å². The Morgan fingerprint density at radius 2 is 2.04 bits per heavy atom. The second kappa shape index (κ2) is 8.23. The quantitative estimate of drug-likeness (QED) is 0.759. The number of esters is 1. The fraction of sp³-hybridized carbons (Fsp3) is 0.750. The van der Waals surface area contributed by atoms with Gasteiger partial charge in [0.25, 0.3) is 0 Å². The Labute approximate surface area is 156 Å². The number of nitrogens with one attached hydrogen (secondary N) is 2. The van der Waals surface area contributed by atoms with Crippen LogP contribution in [0.2, 0.25) is 0 Å². The van der Waals surface area contributed by atoms with Crippen LogP contribution in [-0.4, -0.2) is 33.5 Å². The van der Waals surface area contributed by atoms with Gasteiger partial charge in [-0.3, -0.25) is 9.59 Å². The van der Waals surface area contributed by atoms with Crippen LogP contribution in [0.25, 0.3) is 0 Å². The molecule has 6 nitrogen and oxygen atoms in total. The van der Waals surface area contributed by atoms with Gasteiger partial charge < -0.3 is 15.0 Å². The van der Waals surface area contributed by atoms with Gasteiger partial charge in [-0.05, 0) is 51.9 Å². The number of carbonyl (C=O) groups excluding carboxylic acids is 2. The Morgan fingerprint density at radius 3 is 2.54 bits per heavy atom. The fourth-order valence-corrected chi connectivity index (χ4v) is 4.02. The molecule has 1 heterocycles. The molecule has 0 aromatic carbocycles. The second-order valence-electron chi connectivity index (χ2n) is 8.90. The highest BCUT2D eigenvalue weighted by molar-refractivity contribution is 5.74. The number of nitrogens with zero attached hydrogens (tertiary/aromatic N) is 1. The third-order valence-corrected chi connectivity index (χ3v) is 4.88. The van der Waals surface area contributed by atoms with Gasteiger partial charge in [0.1, 0.15) is 5.60 Å². The van der Waals surface area contributed by atoms with E-state index < -0.39 is 5.60 Å². The smallest absolute Gasteiger partial charge is 0.309 e. The molecule has 0 saturated heterocycles. The molecule has 26 heavy (non-hydrogen) atoms. The standard InChI is InChI=1S/C20H33N3O3/c1-12(2)7-17(23-13(3)24)15-8-14(19(25)26-20(4,5)6)9-16(15)18-10-21-11-22-18/h10-12,14-17H,7-9H2,1-6H3,(H,21,22)(H,23,24). The normalized spacial score (nSPS) is 24.5. The first kappa shape index (κ1) is 20.5. The van der Waals surface area contributed by atoms with Crippen LogP contribution in [0.5, 0.6) is 0 Å². The first-order chi connectivity index (χ1) is 12.1. The maximum absolute atomic E-state index is 12.7. The fourth-order valence-electron chi connectivity index (χ4n) is 4.02. The molecular formula is C20H33N3O3. The van der Waals surface area contributed by atoms with E-state index in [2.05, 4.69) is 29.1 Å². The summed E-state index contributed by atoms with van der Waals surface area (Å²) >= 11 is 0. The van der Waals surface area contributed by atoms with Gasteiger partial charge in [-0.15, -0.1) is 0 Å². The molecule has 1 aromatic rings. The third kappa shape index (κ3) is 5.58. The van der Waals surface area contributed by atoms with Gasteiger partial charge in [-0.25, -0.2) is 4.98 Å². The Morgan fingerprint density at radius 1 is 1.35 bits per heavy atom. The minimum atomic E-state index is -0.494. The number of rotatable bonds is 6. The molecule has 1 amide bonds. The van der Waals surface area contributed by atoms with E-state index in [9.17, 15) is 9.59 Å². The van der Waals surface area contributed by atoms with E-state index >= 15 is 0 Å². The van der Waals surface area contributed by atoms with Crippen LogP contribution in [0.3, 0.4) is 0 Å². The maximum Gasteiger partial charge on any atom is 0.309 e. The molecule has 1 aromatic heterocycles. The summed E-state index contributed by atoms with van der Waals surface area (Å²) < 4.78 is 5.62. The van der Waals surface area contributed by atoms with Crippen LogP contribution in [0.15, 0.2) is 12.5 Å². The Hall–Kier alpha value is -1.85. The van der Waals surface area contributed by atoms with E-state index in [4.69, 9.17) is 4.74 Å². The molecule has 1 saturated carbocycles. The summed E-state index contributed by atoms with van der Waals surface area (Å²) in [5.74, 6) is 0.414. The number of aromatic amines is 1. The lowest BCUT2D eigenvalue weighted by Gasteiger charge is -2.30. The van der Waals surface area contributed by atoms with Crippen LogP contribution in [0, 0.1) is 17.8 Å². The van der Waals surface area contributed by atoms with Crippen molar-refractivity contribution in [2.75, 3.05) is 0 Å². The number of aromatic nitrogens is 2. The van der Waals surface area contributed by atoms with Gasteiger partial charge in [0.2, 0.25) is 5.91 Å². The van der Waals surface area contributed by atoms with Crippen LogP contribution in [-0.2, 0) is 14.3 Å². The molecule has 4 unspecified atom stereocenters. The molecular weight excluding hydrogens is 330 g/mol. The summed E-state index contributed by atoms with van der Waals surface area (Å²) in [5.41, 5.74) is 0.464. The zero-order valence-corrected chi connectivity index (χ0v) is 16.8. The first-order valence-corrected chi connectivity index (χ1v) is 9.55. The molecule has 0 aliphatic heterocycles. The molecule has 0 bridgehead atoms. The number of H-pyrrole nitrogens is 1. The van der Waals surface area contributed by atoms with Crippen molar-refractivity contribution in [1.82, 2.24) is 15.3 Å². The van der Waals surface area contributed by atoms with Gasteiger partial charge in [-0.2, -0.15) is 0 Å². The topological polar surface area (TPSA) is 84.1 Å². The van der Waals surface area contributed by atoms with E-state index in [-0.39, 0.29) is 35.7 Å². The second-order valence-corrected chi connectivity index (χ2v) is 8.90. The van der Waals surface area contributed by atoms with Crippen molar-refractivity contribution in [2.24, 2.45) is 17.8 Å². The third-order valence-electron chi connectivity index (χ3n) is 4.88. The Bertz CT molecular complexity index is 604. The highest BCUT2D eigenvalue weighted by Gasteiger charge is 2.44. The van der Waals surface area contributed by atoms with E-state index in [0.29, 0.717) is 18.8 Å². The van der Waals surface area contributed by atoms with Gasteiger partial charge in [0, 0.05) is 25.1 Å². The summed E-state index contributed by atoms with van der Waals surface area (Å²) in [4.78, 5) is 31.9. The van der Waals surface area contributed by atoms with E-state index in [1.54, 1.807) is 13.3 Å². The van der Waals surface area contributed by atoms with Gasteiger partial charge in [-0.1, -0.05) is 13.8 Å². The number of carbonyl (C=O) groups is 2. The monoisotopic (exact) mass is 363 g/mol. The van der Waals surface area contributed by atoms with Gasteiger partial charge in [0.05, 0.1) is 17.9 Å². The van der Waals surface area contributed by atoms with Crippen molar-refractivity contribution < 1.29 is 14.3 Å². The maximum atomic E-state index is 12.7. The molecule has 2 N–H and O–H groups in total. The van der Waals surface area contributed by atoms with Crippen LogP contribution < -0.4 is 5.32 Å². The van der Waals surface area contributed by atoms with Crippen molar-refractivity contribution >= 4 is 11.9 Å². The molecule has 6 heteroatoms. The first-order valence-electron chi connectivity index (χ1n) is 9.55. The number of ether oxygens (including phenoxy) is 1. The summed E-state index contributed by atoms with van der Waals surface area (Å²) in [6.07, 6.45) is 5.87. The molecule has 0 radical (unpaired) electrons. The van der Waals surface area contributed by atoms with Crippen LogP contribution in [0.4, 0.5) is 0 Å². The zero-order valence-electron chi connectivity index (χ0n) is 16.8. The molecule has 146 valence electrons. The average Bonchev–Trinajstić information content (AvgIpc) is 3.13. The number of imidazole rings is 1. The number of hydrogen-bond acceptors (Lipinski definition) is 4. The molecule has 0 spiro atoms. The summed E-state index contributed by atoms with van der Waals surface area (Å²) in [5, 5.41) is 3.12. The Balaban J connectivity index is 2.24. The molecule has 1 aliphatic carbocycles. The van der Waals surface area contributed by atoms with Crippen molar-refractivity contribution in [3.8, 4) is 0 Å². The van der Waals surface area contributed by atoms with Gasteiger partial charge >= 0.3 is 5.97 Å². The Kier molecular flexibility index (Phi) is 6.48. The van der Waals surface area contributed by atoms with Crippen molar-refractivity contribution in [3.05, 3.63) is 18.2 Å². The number of hydrogen-bond donors (Lipinski definition) is 2. The van der Waals surface area contributed by atoms with E-state index in [1.165, 1.54) is 0 Å². The summed E-state index contributed by atoms with van der Waals surface area (Å²) in [6.45, 7) is 11.5. The molecule has 1 fully saturated rings. The SMILES string of the molecule is CC(=O)NC(CC(C)C)C1CC(C(=O)OC(C)(C)C)CC1c1c[nH]cn1. The molecule has 2 rings (SSSR count). The highest BCUT2D eigenvalue weighted by Crippen LogP contribution is 2.46. The lowest BCUT2D eigenvalue weighted by atomic mass is 9.83. The lowest BCUT2D eigenvalue weighted by molar-refractivity contribution is -0.159. The predicted molar refractivity (Wildman–Crippen MR) is 100 cm³/mol. The van der Waals surface area contributed by atoms with E-state index in [0.717, 1.165) is 12.1 Å². The molecule has 4 atom stereocenters. The number of amides is 1. The predicted octanol–water partition coefficient (Wildman–Crippen LogP) is 3.41. The summed E-state index contributed by atoms with van der Waals surface area (Å²) in [7, 11) is 0. The largest absolute Gasteiger partial charge is 0.460 e. The van der Waals surface area contributed by atoms with Crippen molar-refractivity contribution in [1.29, 1.82) is 0 Å². The minimum Gasteiger partial charge on any atom is -0.460 e. The van der Waals surface area contributed by atoms with Crippen LogP contribution >= 0.6 is 0 Å². The van der Waals surface area contributed by atoms with Crippen molar-refractivity contribution in [2.45, 2.75) is 78.4 Å². The molecule has 1 aliphatic rings. The van der Waals surface area contributed by atoms with E-state index in [1.807, 2.05) is 27.0 Å². The minimum absolute atomic E-state index is 0.0293. The zero-order chi connectivity index (χ0) is 19.5.